The smallest absolute Gasteiger partial charge is 0.347 e. The van der Waals surface area contributed by atoms with Crippen LogP contribution in [-0.2, 0) is 0 Å². The number of ether oxygens (including phenoxy) is 3. The second kappa shape index (κ2) is 10.1. The quantitative estimate of drug-likeness (QED) is 0.271. The number of hydrogen-bond donors (Lipinski definition) is 1. The van der Waals surface area contributed by atoms with Gasteiger partial charge in [-0.15, -0.1) is 0 Å². The van der Waals surface area contributed by atoms with Gasteiger partial charge in [-0.3, -0.25) is 4.79 Å². The highest BCUT2D eigenvalue weighted by Gasteiger charge is 2.16. The minimum Gasteiger partial charge on any atom is -0.496 e. The molecule has 1 N–H and O–H groups in total. The SMILES string of the molecule is COc1cc(C=NNC(=O)c2ccccc2C)ccc1OC(=O)c1ccccc1OC. The fourth-order valence-corrected chi connectivity index (χ4v) is 2.87. The van der Waals surface area contributed by atoms with Crippen LogP contribution in [0, 0.1) is 6.92 Å². The lowest BCUT2D eigenvalue weighted by Crippen LogP contribution is -2.18. The van der Waals surface area contributed by atoms with Crippen molar-refractivity contribution < 1.29 is 23.8 Å². The molecule has 0 heterocycles. The van der Waals surface area contributed by atoms with Gasteiger partial charge in [0.05, 0.1) is 20.4 Å². The predicted octanol–water partition coefficient (Wildman–Crippen LogP) is 4.00. The summed E-state index contributed by atoms with van der Waals surface area (Å²) in [5.74, 6) is 0.142. The van der Waals surface area contributed by atoms with E-state index in [9.17, 15) is 9.59 Å². The average molecular weight is 418 g/mol. The van der Waals surface area contributed by atoms with E-state index in [1.807, 2.05) is 19.1 Å². The van der Waals surface area contributed by atoms with Crippen molar-refractivity contribution in [3.05, 3.63) is 89.0 Å². The van der Waals surface area contributed by atoms with E-state index < -0.39 is 5.97 Å². The molecule has 0 unspecified atom stereocenters. The molecule has 3 rings (SSSR count). The molecule has 0 aliphatic carbocycles. The number of aryl methyl sites for hydroxylation is 1. The molecule has 0 bridgehead atoms. The predicted molar refractivity (Wildman–Crippen MR) is 117 cm³/mol. The van der Waals surface area contributed by atoms with Crippen molar-refractivity contribution in [2.24, 2.45) is 5.10 Å². The van der Waals surface area contributed by atoms with Crippen molar-refractivity contribution in [2.75, 3.05) is 14.2 Å². The number of esters is 1. The number of amides is 1. The molecule has 31 heavy (non-hydrogen) atoms. The number of hydrogen-bond acceptors (Lipinski definition) is 6. The molecular weight excluding hydrogens is 396 g/mol. The second-order valence-electron chi connectivity index (χ2n) is 6.51. The van der Waals surface area contributed by atoms with Crippen molar-refractivity contribution >= 4 is 18.1 Å². The summed E-state index contributed by atoms with van der Waals surface area (Å²) in [4.78, 5) is 24.7. The molecule has 0 saturated carbocycles. The monoisotopic (exact) mass is 418 g/mol. The first-order valence-electron chi connectivity index (χ1n) is 9.45. The van der Waals surface area contributed by atoms with E-state index in [2.05, 4.69) is 10.5 Å². The fraction of sp³-hybridized carbons (Fsp3) is 0.125. The van der Waals surface area contributed by atoms with E-state index in [1.54, 1.807) is 54.6 Å². The minimum absolute atomic E-state index is 0.250. The summed E-state index contributed by atoms with van der Waals surface area (Å²) in [6.07, 6.45) is 1.48. The highest BCUT2D eigenvalue weighted by Crippen LogP contribution is 2.29. The largest absolute Gasteiger partial charge is 0.496 e. The summed E-state index contributed by atoms with van der Waals surface area (Å²) in [6.45, 7) is 1.86. The van der Waals surface area contributed by atoms with Crippen molar-refractivity contribution in [1.29, 1.82) is 0 Å². The van der Waals surface area contributed by atoms with Gasteiger partial charge < -0.3 is 14.2 Å². The molecule has 7 heteroatoms. The number of para-hydroxylation sites is 1. The van der Waals surface area contributed by atoms with E-state index in [0.29, 0.717) is 28.2 Å². The molecule has 158 valence electrons. The molecule has 1 amide bonds. The van der Waals surface area contributed by atoms with Crippen molar-refractivity contribution in [1.82, 2.24) is 5.43 Å². The minimum atomic E-state index is -0.567. The van der Waals surface area contributed by atoms with Gasteiger partial charge in [0.2, 0.25) is 0 Å². The number of benzene rings is 3. The van der Waals surface area contributed by atoms with Crippen LogP contribution >= 0.6 is 0 Å². The maximum Gasteiger partial charge on any atom is 0.347 e. The molecule has 0 aromatic heterocycles. The van der Waals surface area contributed by atoms with Gasteiger partial charge in [-0.2, -0.15) is 5.10 Å². The lowest BCUT2D eigenvalue weighted by atomic mass is 10.1. The summed E-state index contributed by atoms with van der Waals surface area (Å²) in [7, 11) is 2.95. The highest BCUT2D eigenvalue weighted by atomic mass is 16.6. The Labute approximate surface area is 180 Å². The zero-order valence-electron chi connectivity index (χ0n) is 17.4. The van der Waals surface area contributed by atoms with Gasteiger partial charge in [0.25, 0.3) is 5.91 Å². The first-order valence-corrected chi connectivity index (χ1v) is 9.45. The number of carbonyl (C=O) groups excluding carboxylic acids is 2. The Kier molecular flexibility index (Phi) is 7.01. The van der Waals surface area contributed by atoms with Crippen LogP contribution < -0.4 is 19.6 Å². The van der Waals surface area contributed by atoms with Gasteiger partial charge >= 0.3 is 5.97 Å². The van der Waals surface area contributed by atoms with Crippen LogP contribution in [0.15, 0.2) is 71.8 Å². The topological polar surface area (TPSA) is 86.2 Å². The maximum absolute atomic E-state index is 12.5. The molecule has 3 aromatic rings. The van der Waals surface area contributed by atoms with Crippen molar-refractivity contribution in [2.45, 2.75) is 6.92 Å². The first-order chi connectivity index (χ1) is 15.0. The molecule has 0 saturated heterocycles. The first kappa shape index (κ1) is 21.6. The van der Waals surface area contributed by atoms with Crippen LogP contribution in [-0.4, -0.2) is 32.3 Å². The molecular formula is C24H22N2O5. The number of rotatable bonds is 7. The zero-order chi connectivity index (χ0) is 22.2. The summed E-state index contributed by atoms with van der Waals surface area (Å²) >= 11 is 0. The summed E-state index contributed by atoms with van der Waals surface area (Å²) in [5, 5.41) is 3.99. The molecule has 0 aliphatic rings. The van der Waals surface area contributed by atoms with Gasteiger partial charge in [-0.05, 0) is 54.4 Å². The van der Waals surface area contributed by atoms with Crippen molar-refractivity contribution in [3.63, 3.8) is 0 Å². The third-order valence-corrected chi connectivity index (χ3v) is 4.49. The molecule has 7 nitrogen and oxygen atoms in total. The number of hydrazone groups is 1. The van der Waals surface area contributed by atoms with E-state index in [0.717, 1.165) is 5.56 Å². The Balaban J connectivity index is 1.71. The van der Waals surface area contributed by atoms with Crippen LogP contribution in [0.1, 0.15) is 31.8 Å². The van der Waals surface area contributed by atoms with Crippen LogP contribution in [0.3, 0.4) is 0 Å². The third-order valence-electron chi connectivity index (χ3n) is 4.49. The van der Waals surface area contributed by atoms with Gasteiger partial charge in [-0.25, -0.2) is 10.2 Å². The zero-order valence-corrected chi connectivity index (χ0v) is 17.4. The van der Waals surface area contributed by atoms with Crippen LogP contribution in [0.25, 0.3) is 0 Å². The van der Waals surface area contributed by atoms with Gasteiger partial charge in [0.15, 0.2) is 11.5 Å². The molecule has 0 aliphatic heterocycles. The lowest BCUT2D eigenvalue weighted by Gasteiger charge is -2.11. The number of nitrogens with one attached hydrogen (secondary N) is 1. The van der Waals surface area contributed by atoms with Crippen molar-refractivity contribution in [3.8, 4) is 17.2 Å². The number of carbonyl (C=O) groups is 2. The molecule has 0 fully saturated rings. The Bertz CT molecular complexity index is 1120. The van der Waals surface area contributed by atoms with Gasteiger partial charge in [0.1, 0.15) is 11.3 Å². The fourth-order valence-electron chi connectivity index (χ4n) is 2.87. The Hall–Kier alpha value is -4.13. The Morgan fingerprint density at radius 3 is 2.23 bits per heavy atom. The normalized spacial score (nSPS) is 10.5. The average Bonchev–Trinajstić information content (AvgIpc) is 2.80. The maximum atomic E-state index is 12.5. The standard InChI is InChI=1S/C24H22N2O5/c1-16-8-4-5-9-18(16)23(27)26-25-15-17-12-13-21(22(14-17)30-3)31-24(28)19-10-6-7-11-20(19)29-2/h4-15H,1-3H3,(H,26,27). The van der Waals surface area contributed by atoms with Crippen LogP contribution in [0.4, 0.5) is 0 Å². The summed E-state index contributed by atoms with van der Waals surface area (Å²) in [6, 6.07) is 19.0. The van der Waals surface area contributed by atoms with E-state index in [1.165, 1.54) is 20.4 Å². The summed E-state index contributed by atoms with van der Waals surface area (Å²) in [5.41, 5.74) is 4.86. The summed E-state index contributed by atoms with van der Waals surface area (Å²) < 4.78 is 16.0. The van der Waals surface area contributed by atoms with E-state index >= 15 is 0 Å². The number of methoxy groups -OCH3 is 2. The van der Waals surface area contributed by atoms with Crippen LogP contribution in [0.2, 0.25) is 0 Å². The molecule has 0 radical (unpaired) electrons. The second-order valence-corrected chi connectivity index (χ2v) is 6.51. The lowest BCUT2D eigenvalue weighted by molar-refractivity contribution is 0.0726. The number of nitrogens with zero attached hydrogens (tertiary/aromatic N) is 1. The van der Waals surface area contributed by atoms with Gasteiger partial charge in [-0.1, -0.05) is 30.3 Å². The van der Waals surface area contributed by atoms with E-state index in [-0.39, 0.29) is 11.7 Å². The highest BCUT2D eigenvalue weighted by molar-refractivity contribution is 5.96. The third kappa shape index (κ3) is 5.27. The molecule has 3 aromatic carbocycles. The van der Waals surface area contributed by atoms with Gasteiger partial charge in [0, 0.05) is 5.56 Å². The van der Waals surface area contributed by atoms with Crippen LogP contribution in [0.5, 0.6) is 17.2 Å². The Morgan fingerprint density at radius 1 is 0.839 bits per heavy atom. The van der Waals surface area contributed by atoms with E-state index in [4.69, 9.17) is 14.2 Å². The molecule has 0 spiro atoms. The Morgan fingerprint density at radius 2 is 1.52 bits per heavy atom. The molecule has 0 atom stereocenters.